The van der Waals surface area contributed by atoms with Crippen molar-refractivity contribution in [2.45, 2.75) is 122 Å². The number of ketones is 1. The molecule has 1 aliphatic heterocycles. The number of allylic oxidation sites excluding steroid dienone is 2. The summed E-state index contributed by atoms with van der Waals surface area (Å²) in [6, 6.07) is 18.2. The van der Waals surface area contributed by atoms with Crippen LogP contribution in [-0.4, -0.2) is 90.8 Å². The summed E-state index contributed by atoms with van der Waals surface area (Å²) in [5.41, 5.74) is 7.92. The van der Waals surface area contributed by atoms with Crippen LogP contribution in [-0.2, 0) is 42.2 Å². The van der Waals surface area contributed by atoms with Crippen molar-refractivity contribution in [3.63, 3.8) is 0 Å². The van der Waals surface area contributed by atoms with Crippen molar-refractivity contribution in [1.82, 2.24) is 4.90 Å². The van der Waals surface area contributed by atoms with Crippen molar-refractivity contribution in [2.24, 2.45) is 16.3 Å². The van der Waals surface area contributed by atoms with Gasteiger partial charge in [-0.05, 0) is 123 Å². The normalized spacial score (nSPS) is 15.7. The van der Waals surface area contributed by atoms with E-state index in [1.165, 1.54) is 12.1 Å². The number of hydrogen-bond donors (Lipinski definition) is 1. The summed E-state index contributed by atoms with van der Waals surface area (Å²) < 4.78 is 69.7. The zero-order valence-corrected chi connectivity index (χ0v) is 41.4. The van der Waals surface area contributed by atoms with Gasteiger partial charge in [-0.2, -0.15) is 0 Å². The van der Waals surface area contributed by atoms with Crippen LogP contribution in [0, 0.1) is 11.3 Å². The molecule has 0 spiro atoms. The molecule has 1 aliphatic carbocycles. The number of nitrogens with one attached hydrogen (secondary N) is 1. The van der Waals surface area contributed by atoms with E-state index in [0.717, 1.165) is 70.5 Å². The van der Waals surface area contributed by atoms with Crippen LogP contribution < -0.4 is 4.72 Å². The largest absolute Gasteiger partial charge is 0.385 e. The van der Waals surface area contributed by atoms with Gasteiger partial charge in [-0.1, -0.05) is 90.1 Å². The highest BCUT2D eigenvalue weighted by molar-refractivity contribution is 7.94. The van der Waals surface area contributed by atoms with Crippen molar-refractivity contribution < 1.29 is 31.1 Å². The van der Waals surface area contributed by atoms with Crippen LogP contribution >= 0.6 is 0 Å². The molecule has 1 heterocycles. The summed E-state index contributed by atoms with van der Waals surface area (Å²) in [5.74, 6) is -0.279. The lowest BCUT2D eigenvalue weighted by atomic mass is 9.64. The first-order valence-corrected chi connectivity index (χ1v) is 26.5. The Labute approximate surface area is 385 Å². The fourth-order valence-corrected chi connectivity index (χ4v) is 14.1. The molecule has 0 saturated carbocycles. The molecule has 0 fully saturated rings. The number of rotatable bonds is 25. The molecule has 3 aromatic carbocycles. The summed E-state index contributed by atoms with van der Waals surface area (Å²) in [7, 11) is -4.44. The van der Waals surface area contributed by atoms with Crippen LogP contribution in [0.5, 0.6) is 0 Å². The summed E-state index contributed by atoms with van der Waals surface area (Å²) in [6.45, 7) is 19.8. The molecule has 1 unspecified atom stereocenters. The maximum Gasteiger partial charge on any atom is 0.239 e. The van der Waals surface area contributed by atoms with Crippen molar-refractivity contribution in [1.29, 1.82) is 0 Å². The zero-order valence-electron chi connectivity index (χ0n) is 39.7. The van der Waals surface area contributed by atoms with Crippen molar-refractivity contribution >= 4 is 48.3 Å². The Balaban J connectivity index is 1.51. The van der Waals surface area contributed by atoms with Crippen LogP contribution in [0.15, 0.2) is 83.2 Å². The Morgan fingerprint density at radius 3 is 2.05 bits per heavy atom. The first-order valence-electron chi connectivity index (χ1n) is 23.4. The lowest BCUT2D eigenvalue weighted by molar-refractivity contribution is 0.0920. The number of carbonyl (C=O) groups excluding carboxylic acids is 1. The monoisotopic (exact) mass is 915 g/mol. The number of benzene rings is 3. The molecular formula is C52H73N3O7S2. The van der Waals surface area contributed by atoms with E-state index in [-0.39, 0.29) is 22.3 Å². The molecule has 0 aromatic heterocycles. The van der Waals surface area contributed by atoms with Gasteiger partial charge in [-0.15, -0.1) is 0 Å². The average molecular weight is 916 g/mol. The zero-order chi connectivity index (χ0) is 46.7. The average Bonchev–Trinajstić information content (AvgIpc) is 3.35. The minimum absolute atomic E-state index is 0.0645. The minimum atomic E-state index is -4.09. The molecule has 2 bridgehead atoms. The number of anilines is 1. The molecule has 350 valence electrons. The van der Waals surface area contributed by atoms with Gasteiger partial charge in [0.2, 0.25) is 10.0 Å². The van der Waals surface area contributed by atoms with Gasteiger partial charge in [0.05, 0.1) is 21.1 Å². The number of carbonyl (C=O) groups is 1. The summed E-state index contributed by atoms with van der Waals surface area (Å²) >= 11 is 0. The van der Waals surface area contributed by atoms with E-state index in [1.807, 2.05) is 38.1 Å². The number of methoxy groups -OCH3 is 2. The third-order valence-corrected chi connectivity index (χ3v) is 18.4. The molecule has 10 nitrogen and oxygen atoms in total. The van der Waals surface area contributed by atoms with Crippen LogP contribution in [0.3, 0.4) is 0 Å². The van der Waals surface area contributed by atoms with Gasteiger partial charge in [-0.3, -0.25) is 14.5 Å². The number of fused-ring (bicyclic) bond motifs is 5. The Hall–Kier alpha value is -3.94. The maximum atomic E-state index is 15.2. The SMILES string of the molecule is C=C(CCC)c1ccc(CC(CC)(CC)C(CC)(CC)S(=O)(=O)Nc2ccc(S(=O)(=O)CCN(CCCOC)CCCOC)cc2)c2c1C(C)=NC1=CCC(C2)C(=O)c2ccccc21. The molecule has 3 aromatic rings. The summed E-state index contributed by atoms with van der Waals surface area (Å²) in [6.07, 6.45) is 8.86. The second-order valence-corrected chi connectivity index (χ2v) is 21.8. The number of aliphatic imine (C=N–C) groups is 1. The molecular weight excluding hydrogens is 843 g/mol. The second-order valence-electron chi connectivity index (χ2n) is 17.7. The molecule has 1 atom stereocenters. The number of Topliss-reactive ketones (excluding diaryl/α,β-unsaturated/α-hetero) is 1. The molecule has 0 saturated heterocycles. The first kappa shape index (κ1) is 51.1. The molecule has 0 radical (unpaired) electrons. The first-order chi connectivity index (χ1) is 30.6. The second kappa shape index (κ2) is 22.5. The van der Waals surface area contributed by atoms with Crippen LogP contribution in [0.25, 0.3) is 11.3 Å². The third-order valence-electron chi connectivity index (χ3n) is 14.2. The summed E-state index contributed by atoms with van der Waals surface area (Å²) in [4.78, 5) is 21.9. The standard InChI is InChI=1S/C52H73N3O7S2/c1-10-19-38(6)44-28-22-41(47-36-40-23-29-48(53-39(7)49(44)47)45-20-15-16-21-46(45)50(40)56)37-51(11-2,12-3)52(13-4,14-5)64(59,60)54-42-24-26-43(27-25-42)63(57,58)35-32-55(30-17-33-61-8)31-18-34-62-9/h15-16,20-22,24-29,40,54H,6,10-14,17-19,23,30-37H2,1-5,7-9H3. The van der Waals surface area contributed by atoms with Gasteiger partial charge in [0.1, 0.15) is 0 Å². The fourth-order valence-electron chi connectivity index (χ4n) is 10.5. The van der Waals surface area contributed by atoms with E-state index in [9.17, 15) is 13.2 Å². The van der Waals surface area contributed by atoms with Gasteiger partial charge in [0.25, 0.3) is 0 Å². The smallest absolute Gasteiger partial charge is 0.239 e. The van der Waals surface area contributed by atoms with Crippen molar-refractivity contribution in [2.75, 3.05) is 57.5 Å². The van der Waals surface area contributed by atoms with E-state index in [1.54, 1.807) is 26.4 Å². The van der Waals surface area contributed by atoms with Gasteiger partial charge in [0, 0.05) is 81.1 Å². The number of sulfone groups is 1. The minimum Gasteiger partial charge on any atom is -0.385 e. The predicted molar refractivity (Wildman–Crippen MR) is 264 cm³/mol. The highest BCUT2D eigenvalue weighted by atomic mass is 32.2. The molecule has 12 heteroatoms. The number of nitrogens with zero attached hydrogens (tertiary/aromatic N) is 2. The van der Waals surface area contributed by atoms with Crippen LogP contribution in [0.2, 0.25) is 0 Å². The van der Waals surface area contributed by atoms with Crippen LogP contribution in [0.1, 0.15) is 138 Å². The lowest BCUT2D eigenvalue weighted by Crippen LogP contribution is -2.56. The lowest BCUT2D eigenvalue weighted by Gasteiger charge is -2.49. The Bertz CT molecular complexity index is 2370. The van der Waals surface area contributed by atoms with E-state index in [0.29, 0.717) is 89.0 Å². The van der Waals surface area contributed by atoms with Gasteiger partial charge in [0.15, 0.2) is 15.6 Å². The number of ether oxygens (including phenoxy) is 2. The Morgan fingerprint density at radius 2 is 1.47 bits per heavy atom. The molecule has 64 heavy (non-hydrogen) atoms. The van der Waals surface area contributed by atoms with Gasteiger partial charge >= 0.3 is 0 Å². The van der Waals surface area contributed by atoms with Crippen molar-refractivity contribution in [3.8, 4) is 0 Å². The number of sulfonamides is 1. The highest BCUT2D eigenvalue weighted by Gasteiger charge is 2.56. The topological polar surface area (TPSA) is 131 Å². The van der Waals surface area contributed by atoms with Gasteiger partial charge < -0.3 is 14.4 Å². The van der Waals surface area contributed by atoms with E-state index in [4.69, 9.17) is 14.5 Å². The third kappa shape index (κ3) is 10.8. The molecule has 5 rings (SSSR count). The molecule has 2 aliphatic rings. The Kier molecular flexibility index (Phi) is 17.9. The Morgan fingerprint density at radius 1 is 0.844 bits per heavy atom. The quantitative estimate of drug-likeness (QED) is 0.0832. The molecule has 1 N–H and O–H groups in total. The van der Waals surface area contributed by atoms with Crippen molar-refractivity contribution in [3.05, 3.63) is 107 Å². The van der Waals surface area contributed by atoms with E-state index in [2.05, 4.69) is 62.1 Å². The highest BCUT2D eigenvalue weighted by Crippen LogP contribution is 2.52. The predicted octanol–water partition coefficient (Wildman–Crippen LogP) is 10.6. The number of hydrogen-bond acceptors (Lipinski definition) is 9. The van der Waals surface area contributed by atoms with Crippen LogP contribution in [0.4, 0.5) is 5.69 Å². The summed E-state index contributed by atoms with van der Waals surface area (Å²) in [5, 5.41) is 0. The maximum absolute atomic E-state index is 15.2. The van der Waals surface area contributed by atoms with Gasteiger partial charge in [-0.25, -0.2) is 16.8 Å². The fraction of sp³-hybridized carbons (Fsp3) is 0.538. The van der Waals surface area contributed by atoms with E-state index >= 15 is 8.42 Å². The van der Waals surface area contributed by atoms with E-state index < -0.39 is 30.0 Å². The molecule has 0 amide bonds.